The molecule has 0 aliphatic carbocycles. The number of benzene rings is 2. The van der Waals surface area contributed by atoms with Crippen molar-refractivity contribution < 1.29 is 4.74 Å². The Bertz CT molecular complexity index is 1450. The zero-order valence-electron chi connectivity index (χ0n) is 28.8. The maximum absolute atomic E-state index is 6.02. The van der Waals surface area contributed by atoms with E-state index in [4.69, 9.17) is 14.7 Å². The Labute approximate surface area is 277 Å². The number of aromatic nitrogens is 2. The molecule has 4 nitrogen and oxygen atoms in total. The van der Waals surface area contributed by atoms with E-state index in [2.05, 4.69) is 87.0 Å². The van der Waals surface area contributed by atoms with E-state index < -0.39 is 0 Å². The van der Waals surface area contributed by atoms with E-state index in [1.165, 1.54) is 10.4 Å². The number of thiazole rings is 1. The van der Waals surface area contributed by atoms with Crippen LogP contribution in [0.5, 0.6) is 5.88 Å². The molecule has 0 aliphatic heterocycles. The van der Waals surface area contributed by atoms with Gasteiger partial charge in [0.15, 0.2) is 0 Å². The second-order valence-corrected chi connectivity index (χ2v) is 11.8. The molecule has 0 spiro atoms. The van der Waals surface area contributed by atoms with Crippen LogP contribution >= 0.6 is 11.3 Å². The van der Waals surface area contributed by atoms with Gasteiger partial charge in [-0.2, -0.15) is 0 Å². The van der Waals surface area contributed by atoms with Gasteiger partial charge >= 0.3 is 0 Å². The zero-order chi connectivity index (χ0) is 32.9. The van der Waals surface area contributed by atoms with E-state index in [1.807, 2.05) is 63.7 Å². The van der Waals surface area contributed by atoms with Gasteiger partial charge in [0.05, 0.1) is 16.8 Å². The molecule has 2 aromatic heterocycles. The molecular weight excluding hydrogens is 571 g/mol. The first kappa shape index (κ1) is 37.4. The molecule has 0 bridgehead atoms. The van der Waals surface area contributed by atoms with Gasteiger partial charge in [0.25, 0.3) is 0 Å². The summed E-state index contributed by atoms with van der Waals surface area (Å²) in [5.74, 6) is 8.31. The SMILES string of the molecule is CC.CC.CCCC(CCC(C)CC(C)=Nc1ccc(C)cc1C#CCc1cncs1)c1cccc(OCc2ccccc2)n1. The Balaban J connectivity index is 0.00000169. The van der Waals surface area contributed by atoms with Crippen LogP contribution < -0.4 is 4.74 Å². The number of pyridine rings is 1. The van der Waals surface area contributed by atoms with Crippen molar-refractivity contribution in [2.24, 2.45) is 10.9 Å². The first-order valence-corrected chi connectivity index (χ1v) is 17.5. The molecule has 4 aromatic rings. The van der Waals surface area contributed by atoms with Crippen molar-refractivity contribution >= 4 is 22.7 Å². The van der Waals surface area contributed by atoms with Gasteiger partial charge in [0, 0.05) is 40.9 Å². The molecule has 0 saturated carbocycles. The van der Waals surface area contributed by atoms with Gasteiger partial charge in [-0.05, 0) is 74.8 Å². The normalized spacial score (nSPS) is 12.0. The van der Waals surface area contributed by atoms with E-state index in [-0.39, 0.29) is 0 Å². The van der Waals surface area contributed by atoms with Crippen molar-refractivity contribution in [3.63, 3.8) is 0 Å². The highest BCUT2D eigenvalue weighted by atomic mass is 32.1. The molecular formula is C40H53N3OS. The lowest BCUT2D eigenvalue weighted by Gasteiger charge is -2.19. The number of aryl methyl sites for hydroxylation is 1. The molecule has 240 valence electrons. The minimum atomic E-state index is 0.428. The van der Waals surface area contributed by atoms with Gasteiger partial charge in [-0.15, -0.1) is 11.3 Å². The van der Waals surface area contributed by atoms with Crippen LogP contribution in [0.4, 0.5) is 5.69 Å². The lowest BCUT2D eigenvalue weighted by atomic mass is 9.89. The van der Waals surface area contributed by atoms with Crippen molar-refractivity contribution in [1.29, 1.82) is 0 Å². The summed E-state index contributed by atoms with van der Waals surface area (Å²) in [6.07, 6.45) is 8.07. The first-order chi connectivity index (χ1) is 22.0. The standard InChI is InChI=1S/C36H41N3OS.2C2H6/c1-5-11-31(34-16-10-17-36(39-34)40-25-30-12-7-6-8-13-30)20-18-27(2)22-29(4)38-35-21-19-28(3)23-32(35)14-9-15-33-24-37-26-41-33;2*1-2/h6-8,10,12-13,16-17,19,21,23-24,26-27,31H,5,11,15,18,20,22,25H2,1-4H3;2*1-2H3. The van der Waals surface area contributed by atoms with Crippen molar-refractivity contribution in [3.05, 3.63) is 106 Å². The third-order valence-corrected chi connectivity index (χ3v) is 7.89. The fourth-order valence-corrected chi connectivity index (χ4v) is 5.54. The summed E-state index contributed by atoms with van der Waals surface area (Å²) in [7, 11) is 0. The molecule has 0 N–H and O–H groups in total. The first-order valence-electron chi connectivity index (χ1n) is 16.6. The molecule has 2 aromatic carbocycles. The second kappa shape index (κ2) is 21.9. The maximum Gasteiger partial charge on any atom is 0.213 e. The summed E-state index contributed by atoms with van der Waals surface area (Å²) in [6.45, 7) is 17.4. The molecule has 2 unspecified atom stereocenters. The summed E-state index contributed by atoms with van der Waals surface area (Å²) in [6, 6.07) is 22.8. The molecule has 0 aliphatic rings. The third kappa shape index (κ3) is 13.8. The van der Waals surface area contributed by atoms with E-state index >= 15 is 0 Å². The van der Waals surface area contributed by atoms with Gasteiger partial charge in [-0.1, -0.05) is 102 Å². The smallest absolute Gasteiger partial charge is 0.213 e. The topological polar surface area (TPSA) is 47.4 Å². The summed E-state index contributed by atoms with van der Waals surface area (Å²) in [5.41, 5.74) is 8.43. The van der Waals surface area contributed by atoms with Crippen molar-refractivity contribution in [2.45, 2.75) is 106 Å². The predicted molar refractivity (Wildman–Crippen MR) is 195 cm³/mol. The van der Waals surface area contributed by atoms with Gasteiger partial charge in [0.2, 0.25) is 5.88 Å². The Morgan fingerprint density at radius 2 is 1.73 bits per heavy atom. The average Bonchev–Trinajstić information content (AvgIpc) is 3.59. The molecule has 0 saturated heterocycles. The van der Waals surface area contributed by atoms with Gasteiger partial charge in [0.1, 0.15) is 6.61 Å². The summed E-state index contributed by atoms with van der Waals surface area (Å²) < 4.78 is 6.02. The fraction of sp³-hybridized carbons (Fsp3) is 0.425. The van der Waals surface area contributed by atoms with E-state index in [0.29, 0.717) is 30.7 Å². The van der Waals surface area contributed by atoms with Crippen molar-refractivity contribution in [1.82, 2.24) is 9.97 Å². The molecule has 2 heterocycles. The lowest BCUT2D eigenvalue weighted by molar-refractivity contribution is 0.292. The number of ether oxygens (including phenoxy) is 1. The lowest BCUT2D eigenvalue weighted by Crippen LogP contribution is -2.08. The van der Waals surface area contributed by atoms with Gasteiger partial charge in [-0.25, -0.2) is 4.98 Å². The number of hydrogen-bond donors (Lipinski definition) is 0. The maximum atomic E-state index is 6.02. The minimum absolute atomic E-state index is 0.428. The van der Waals surface area contributed by atoms with Crippen LogP contribution in [0.3, 0.4) is 0 Å². The largest absolute Gasteiger partial charge is 0.473 e. The summed E-state index contributed by atoms with van der Waals surface area (Å²) >= 11 is 1.64. The quantitative estimate of drug-likeness (QED) is 0.110. The Kier molecular flexibility index (Phi) is 18.2. The Hall–Kier alpha value is -3.75. The van der Waals surface area contributed by atoms with E-state index in [0.717, 1.165) is 60.3 Å². The highest BCUT2D eigenvalue weighted by Gasteiger charge is 2.16. The van der Waals surface area contributed by atoms with Crippen molar-refractivity contribution in [3.8, 4) is 17.7 Å². The van der Waals surface area contributed by atoms with Gasteiger partial charge < -0.3 is 4.74 Å². The highest BCUT2D eigenvalue weighted by molar-refractivity contribution is 7.09. The number of hydrogen-bond acceptors (Lipinski definition) is 5. The second-order valence-electron chi connectivity index (χ2n) is 10.9. The molecule has 0 radical (unpaired) electrons. The highest BCUT2D eigenvalue weighted by Crippen LogP contribution is 2.29. The van der Waals surface area contributed by atoms with Crippen LogP contribution in [0.15, 0.2) is 83.4 Å². The van der Waals surface area contributed by atoms with Crippen molar-refractivity contribution in [2.75, 3.05) is 0 Å². The predicted octanol–water partition coefficient (Wildman–Crippen LogP) is 11.6. The van der Waals surface area contributed by atoms with E-state index in [1.54, 1.807) is 11.3 Å². The van der Waals surface area contributed by atoms with Crippen LogP contribution in [0.25, 0.3) is 0 Å². The molecule has 4 rings (SSSR count). The molecule has 0 amide bonds. The minimum Gasteiger partial charge on any atom is -0.473 e. The monoisotopic (exact) mass is 623 g/mol. The molecule has 2 atom stereocenters. The third-order valence-electron chi connectivity index (χ3n) is 7.11. The molecule has 5 heteroatoms. The Morgan fingerprint density at radius 3 is 2.44 bits per heavy atom. The van der Waals surface area contributed by atoms with Crippen LogP contribution in [0.1, 0.15) is 114 Å². The zero-order valence-corrected chi connectivity index (χ0v) is 29.6. The van der Waals surface area contributed by atoms with Crippen LogP contribution in [0, 0.1) is 24.7 Å². The number of aliphatic imine (C=N–C) groups is 1. The average molecular weight is 624 g/mol. The number of nitrogens with zero attached hydrogens (tertiary/aromatic N) is 3. The number of rotatable bonds is 13. The van der Waals surface area contributed by atoms with Crippen LogP contribution in [-0.2, 0) is 13.0 Å². The van der Waals surface area contributed by atoms with E-state index in [9.17, 15) is 0 Å². The Morgan fingerprint density at radius 1 is 0.956 bits per heavy atom. The van der Waals surface area contributed by atoms with Crippen LogP contribution in [-0.4, -0.2) is 15.7 Å². The molecule has 45 heavy (non-hydrogen) atoms. The van der Waals surface area contributed by atoms with Gasteiger partial charge in [-0.3, -0.25) is 9.98 Å². The molecule has 0 fully saturated rings. The van der Waals surface area contributed by atoms with Crippen LogP contribution in [0.2, 0.25) is 0 Å². The summed E-state index contributed by atoms with van der Waals surface area (Å²) in [5, 5.41) is 0. The summed E-state index contributed by atoms with van der Waals surface area (Å²) in [4.78, 5) is 15.2. The fourth-order valence-electron chi connectivity index (χ4n) is 5.01.